The van der Waals surface area contributed by atoms with Gasteiger partial charge in [0.25, 0.3) is 0 Å². The van der Waals surface area contributed by atoms with Crippen LogP contribution >= 0.6 is 12.4 Å². The number of hydrogen-bond acceptors (Lipinski definition) is 3. The summed E-state index contributed by atoms with van der Waals surface area (Å²) < 4.78 is 42.7. The van der Waals surface area contributed by atoms with Crippen molar-refractivity contribution in [3.63, 3.8) is 0 Å². The lowest BCUT2D eigenvalue weighted by Crippen LogP contribution is -2.19. The van der Waals surface area contributed by atoms with E-state index in [2.05, 4.69) is 0 Å². The van der Waals surface area contributed by atoms with E-state index in [4.69, 9.17) is 4.74 Å². The number of aliphatic hydroxyl groups is 1. The number of alkyl halides is 3. The van der Waals surface area contributed by atoms with Crippen molar-refractivity contribution >= 4 is 12.4 Å². The largest absolute Gasteiger partial charge is 0.416 e. The van der Waals surface area contributed by atoms with Gasteiger partial charge in [0.2, 0.25) is 0 Å². The Morgan fingerprint density at radius 2 is 1.95 bits per heavy atom. The van der Waals surface area contributed by atoms with Crippen LogP contribution in [0.25, 0.3) is 0 Å². The van der Waals surface area contributed by atoms with Gasteiger partial charge in [-0.2, -0.15) is 13.2 Å². The Hall–Kier alpha value is -0.820. The summed E-state index contributed by atoms with van der Waals surface area (Å²) in [7, 11) is 3.76. The molecule has 116 valence electrons. The van der Waals surface area contributed by atoms with Crippen molar-refractivity contribution in [3.8, 4) is 0 Å². The third-order valence-corrected chi connectivity index (χ3v) is 2.56. The molecule has 3 nitrogen and oxygen atoms in total. The molecule has 0 aliphatic carbocycles. The van der Waals surface area contributed by atoms with Gasteiger partial charge < -0.3 is 14.7 Å². The average molecular weight is 314 g/mol. The summed E-state index contributed by atoms with van der Waals surface area (Å²) in [5, 5.41) is 9.77. The van der Waals surface area contributed by atoms with Gasteiger partial charge in [0, 0.05) is 6.54 Å². The van der Waals surface area contributed by atoms with Crippen LogP contribution in [-0.4, -0.2) is 43.9 Å². The summed E-state index contributed by atoms with van der Waals surface area (Å²) in [5.74, 6) is 0. The highest BCUT2D eigenvalue weighted by Gasteiger charge is 2.30. The van der Waals surface area contributed by atoms with Crippen LogP contribution in [0.4, 0.5) is 13.2 Å². The molecule has 20 heavy (non-hydrogen) atoms. The smallest absolute Gasteiger partial charge is 0.386 e. The van der Waals surface area contributed by atoms with Gasteiger partial charge in [0.15, 0.2) is 0 Å². The molecule has 1 rings (SSSR count). The molecule has 0 aromatic heterocycles. The van der Waals surface area contributed by atoms with Crippen LogP contribution in [0.3, 0.4) is 0 Å². The molecular formula is C13H19ClF3NO2. The first-order valence-electron chi connectivity index (χ1n) is 5.88. The molecule has 0 fully saturated rings. The van der Waals surface area contributed by atoms with Crippen LogP contribution in [0.1, 0.15) is 17.2 Å². The van der Waals surface area contributed by atoms with Crippen LogP contribution in [0.5, 0.6) is 0 Å². The molecule has 0 bridgehead atoms. The number of likely N-dealkylation sites (N-methyl/N-ethyl adjacent to an activating group) is 1. The molecule has 0 aliphatic rings. The second-order valence-electron chi connectivity index (χ2n) is 4.52. The predicted octanol–water partition coefficient (Wildman–Crippen LogP) is 2.74. The molecule has 1 N–H and O–H groups in total. The van der Waals surface area contributed by atoms with Crippen LogP contribution in [-0.2, 0) is 10.9 Å². The van der Waals surface area contributed by atoms with Crippen molar-refractivity contribution in [2.75, 3.05) is 33.9 Å². The molecular weight excluding hydrogens is 295 g/mol. The van der Waals surface area contributed by atoms with Crippen molar-refractivity contribution in [2.24, 2.45) is 0 Å². The minimum atomic E-state index is -4.40. The van der Waals surface area contributed by atoms with Gasteiger partial charge in [-0.3, -0.25) is 0 Å². The number of hydrogen-bond donors (Lipinski definition) is 1. The number of halogens is 4. The fourth-order valence-electron chi connectivity index (χ4n) is 1.46. The maximum absolute atomic E-state index is 12.5. The van der Waals surface area contributed by atoms with Gasteiger partial charge in [0.05, 0.1) is 18.8 Å². The summed E-state index contributed by atoms with van der Waals surface area (Å²) in [4.78, 5) is 1.91. The topological polar surface area (TPSA) is 32.7 Å². The molecule has 0 heterocycles. The second kappa shape index (κ2) is 8.46. The lowest BCUT2D eigenvalue weighted by atomic mass is 10.1. The molecule has 0 saturated heterocycles. The van der Waals surface area contributed by atoms with E-state index < -0.39 is 17.8 Å². The predicted molar refractivity (Wildman–Crippen MR) is 73.0 cm³/mol. The molecule has 1 aromatic rings. The van der Waals surface area contributed by atoms with Gasteiger partial charge in [-0.25, -0.2) is 0 Å². The van der Waals surface area contributed by atoms with E-state index in [1.807, 2.05) is 19.0 Å². The summed E-state index contributed by atoms with van der Waals surface area (Å²) in [6.45, 7) is 1.09. The van der Waals surface area contributed by atoms with Crippen LogP contribution in [0.15, 0.2) is 24.3 Å². The van der Waals surface area contributed by atoms with Crippen LogP contribution < -0.4 is 0 Å². The Labute approximate surface area is 122 Å². The van der Waals surface area contributed by atoms with E-state index in [9.17, 15) is 18.3 Å². The van der Waals surface area contributed by atoms with E-state index in [0.717, 1.165) is 12.1 Å². The second-order valence-corrected chi connectivity index (χ2v) is 4.52. The Morgan fingerprint density at radius 1 is 1.30 bits per heavy atom. The first-order valence-corrected chi connectivity index (χ1v) is 5.88. The fourth-order valence-corrected chi connectivity index (χ4v) is 1.46. The molecule has 1 unspecified atom stereocenters. The van der Waals surface area contributed by atoms with Gasteiger partial charge in [-0.1, -0.05) is 12.1 Å². The molecule has 0 aliphatic heterocycles. The molecule has 1 atom stereocenters. The SMILES string of the molecule is CN(C)CCOCC(O)c1cccc(C(F)(F)F)c1.Cl. The molecule has 0 saturated carbocycles. The highest BCUT2D eigenvalue weighted by Crippen LogP contribution is 2.30. The van der Waals surface area contributed by atoms with Gasteiger partial charge >= 0.3 is 6.18 Å². The minimum absolute atomic E-state index is 0. The normalized spacial score (nSPS) is 13.2. The number of benzene rings is 1. The Balaban J connectivity index is 0.00000361. The van der Waals surface area contributed by atoms with Crippen LogP contribution in [0.2, 0.25) is 0 Å². The standard InChI is InChI=1S/C13H18F3NO2.ClH/c1-17(2)6-7-19-9-12(18)10-4-3-5-11(8-10)13(14,15)16;/h3-5,8,12,18H,6-7,9H2,1-2H3;1H. The average Bonchev–Trinajstić information content (AvgIpc) is 2.33. The summed E-state index contributed by atoms with van der Waals surface area (Å²) in [6.07, 6.45) is -5.45. The van der Waals surface area contributed by atoms with Crippen molar-refractivity contribution in [1.29, 1.82) is 0 Å². The Bertz CT molecular complexity index is 399. The molecule has 1 aromatic carbocycles. The maximum atomic E-state index is 12.5. The third kappa shape index (κ3) is 6.56. The van der Waals surface area contributed by atoms with Gasteiger partial charge in [0.1, 0.15) is 6.10 Å². The summed E-state index contributed by atoms with van der Waals surface area (Å²) >= 11 is 0. The van der Waals surface area contributed by atoms with Crippen molar-refractivity contribution in [1.82, 2.24) is 4.90 Å². The first-order chi connectivity index (χ1) is 8.80. The van der Waals surface area contributed by atoms with Crippen LogP contribution in [0, 0.1) is 0 Å². The first kappa shape index (κ1) is 19.2. The number of aliphatic hydroxyl groups excluding tert-OH is 1. The molecule has 0 amide bonds. The number of nitrogens with zero attached hydrogens (tertiary/aromatic N) is 1. The van der Waals surface area contributed by atoms with E-state index in [-0.39, 0.29) is 24.6 Å². The molecule has 0 spiro atoms. The molecule has 7 heteroatoms. The monoisotopic (exact) mass is 313 g/mol. The third-order valence-electron chi connectivity index (χ3n) is 2.56. The fraction of sp³-hybridized carbons (Fsp3) is 0.538. The summed E-state index contributed by atoms with van der Waals surface area (Å²) in [5.41, 5.74) is -0.558. The number of ether oxygens (including phenoxy) is 1. The van der Waals surface area contributed by atoms with Gasteiger partial charge in [-0.05, 0) is 31.8 Å². The number of rotatable bonds is 6. The van der Waals surface area contributed by atoms with E-state index >= 15 is 0 Å². The highest BCUT2D eigenvalue weighted by molar-refractivity contribution is 5.85. The van der Waals surface area contributed by atoms with Crippen molar-refractivity contribution in [3.05, 3.63) is 35.4 Å². The van der Waals surface area contributed by atoms with Crippen molar-refractivity contribution in [2.45, 2.75) is 12.3 Å². The zero-order valence-corrected chi connectivity index (χ0v) is 12.2. The summed E-state index contributed by atoms with van der Waals surface area (Å²) in [6, 6.07) is 4.65. The Kier molecular flexibility index (Phi) is 8.12. The minimum Gasteiger partial charge on any atom is -0.386 e. The highest BCUT2D eigenvalue weighted by atomic mass is 35.5. The lowest BCUT2D eigenvalue weighted by molar-refractivity contribution is -0.137. The lowest BCUT2D eigenvalue weighted by Gasteiger charge is -2.15. The van der Waals surface area contributed by atoms with Gasteiger partial charge in [-0.15, -0.1) is 12.4 Å². The van der Waals surface area contributed by atoms with Crippen molar-refractivity contribution < 1.29 is 23.0 Å². The molecule has 0 radical (unpaired) electrons. The Morgan fingerprint density at radius 3 is 2.50 bits per heavy atom. The zero-order valence-electron chi connectivity index (χ0n) is 11.4. The maximum Gasteiger partial charge on any atom is 0.416 e. The zero-order chi connectivity index (χ0) is 14.5. The van der Waals surface area contributed by atoms with E-state index in [1.54, 1.807) is 0 Å². The van der Waals surface area contributed by atoms with E-state index in [0.29, 0.717) is 13.2 Å². The van der Waals surface area contributed by atoms with E-state index in [1.165, 1.54) is 12.1 Å². The quantitative estimate of drug-likeness (QED) is 0.820.